The lowest BCUT2D eigenvalue weighted by Gasteiger charge is -2.52. The zero-order valence-corrected chi connectivity index (χ0v) is 17.9. The lowest BCUT2D eigenvalue weighted by molar-refractivity contribution is 0.320. The van der Waals surface area contributed by atoms with E-state index in [1.807, 2.05) is 18.2 Å². The lowest BCUT2D eigenvalue weighted by atomic mass is 9.65. The monoisotopic (exact) mass is 400 g/mol. The Morgan fingerprint density at radius 2 is 1.66 bits per heavy atom. The molecular weight excluding hydrogens is 376 g/mol. The Morgan fingerprint density at radius 3 is 2.31 bits per heavy atom. The molecule has 0 amide bonds. The van der Waals surface area contributed by atoms with Gasteiger partial charge in [0.2, 0.25) is 0 Å². The van der Waals surface area contributed by atoms with Crippen LogP contribution >= 0.6 is 11.6 Å². The molecule has 2 nitrogen and oxygen atoms in total. The minimum absolute atomic E-state index is 0.0641. The molecule has 0 radical (unpaired) electrons. The summed E-state index contributed by atoms with van der Waals surface area (Å²) in [5, 5.41) is 10.3. The molecule has 0 fully saturated rings. The third kappa shape index (κ3) is 3.52. The van der Waals surface area contributed by atoms with Crippen LogP contribution in [0.25, 0.3) is 0 Å². The molecule has 3 aromatic carbocycles. The van der Waals surface area contributed by atoms with Crippen molar-refractivity contribution in [2.24, 2.45) is 0 Å². The van der Waals surface area contributed by atoms with Crippen molar-refractivity contribution in [3.63, 3.8) is 0 Å². The van der Waals surface area contributed by atoms with Gasteiger partial charge in [0.05, 0.1) is 11.6 Å². The first-order chi connectivity index (χ1) is 13.8. The highest BCUT2D eigenvalue weighted by Gasteiger charge is 2.45. The fourth-order valence-electron chi connectivity index (χ4n) is 4.81. The van der Waals surface area contributed by atoms with Crippen LogP contribution in [0, 0.1) is 11.3 Å². The molecule has 1 aliphatic heterocycles. The second kappa shape index (κ2) is 7.25. The zero-order chi connectivity index (χ0) is 20.6. The topological polar surface area (TPSA) is 27.0 Å². The van der Waals surface area contributed by atoms with Crippen LogP contribution in [0.4, 0.5) is 5.69 Å². The number of anilines is 1. The van der Waals surface area contributed by atoms with E-state index >= 15 is 0 Å². The molecular formula is C26H25ClN2. The number of hydrogen-bond donors (Lipinski definition) is 0. The smallest absolute Gasteiger partial charge is 0.0991 e. The number of rotatable bonds is 3. The maximum atomic E-state index is 9.54. The van der Waals surface area contributed by atoms with Crippen molar-refractivity contribution < 1.29 is 0 Å². The number of benzene rings is 3. The van der Waals surface area contributed by atoms with E-state index in [0.29, 0.717) is 5.56 Å². The van der Waals surface area contributed by atoms with Gasteiger partial charge in [-0.2, -0.15) is 5.26 Å². The van der Waals surface area contributed by atoms with Crippen molar-refractivity contribution in [1.29, 1.82) is 5.26 Å². The van der Waals surface area contributed by atoms with Gasteiger partial charge in [-0.25, -0.2) is 0 Å². The van der Waals surface area contributed by atoms with Gasteiger partial charge >= 0.3 is 0 Å². The van der Waals surface area contributed by atoms with Gasteiger partial charge in [0.25, 0.3) is 0 Å². The van der Waals surface area contributed by atoms with Gasteiger partial charge in [0.1, 0.15) is 0 Å². The van der Waals surface area contributed by atoms with Gasteiger partial charge in [-0.15, -0.1) is 0 Å². The summed E-state index contributed by atoms with van der Waals surface area (Å²) in [4.78, 5) is 2.48. The van der Waals surface area contributed by atoms with Gasteiger partial charge in [-0.3, -0.25) is 0 Å². The number of nitriles is 1. The Morgan fingerprint density at radius 1 is 0.966 bits per heavy atom. The van der Waals surface area contributed by atoms with E-state index in [1.165, 1.54) is 22.4 Å². The number of hydrogen-bond acceptors (Lipinski definition) is 2. The fraction of sp³-hybridized carbons (Fsp3) is 0.269. The van der Waals surface area contributed by atoms with Crippen LogP contribution in [0.2, 0.25) is 5.02 Å². The highest BCUT2D eigenvalue weighted by atomic mass is 35.5. The van der Waals surface area contributed by atoms with Gasteiger partial charge in [0.15, 0.2) is 0 Å². The molecule has 3 heteroatoms. The normalized spacial score (nSPS) is 20.0. The molecule has 1 heterocycles. The van der Waals surface area contributed by atoms with Gasteiger partial charge < -0.3 is 4.90 Å². The minimum atomic E-state index is -0.205. The van der Waals surface area contributed by atoms with Crippen LogP contribution in [0.15, 0.2) is 72.8 Å². The molecule has 0 saturated heterocycles. The van der Waals surface area contributed by atoms with Crippen LogP contribution in [-0.2, 0) is 12.0 Å². The van der Waals surface area contributed by atoms with Crippen LogP contribution in [0.3, 0.4) is 0 Å². The molecule has 0 bridgehead atoms. The second-order valence-corrected chi connectivity index (χ2v) is 9.18. The minimum Gasteiger partial charge on any atom is -0.362 e. The molecule has 0 aliphatic carbocycles. The maximum absolute atomic E-state index is 9.54. The molecule has 0 N–H and O–H groups in total. The summed E-state index contributed by atoms with van der Waals surface area (Å²) >= 11 is 6.16. The Hall–Kier alpha value is -2.76. The Labute approximate surface area is 178 Å². The van der Waals surface area contributed by atoms with Crippen molar-refractivity contribution in [1.82, 2.24) is 0 Å². The summed E-state index contributed by atoms with van der Waals surface area (Å²) in [6, 6.07) is 27.2. The van der Waals surface area contributed by atoms with Crippen LogP contribution in [0.5, 0.6) is 0 Å². The summed E-state index contributed by atoms with van der Waals surface area (Å²) in [5.41, 5.74) is 5.34. The number of fused-ring (bicyclic) bond motifs is 1. The average molecular weight is 401 g/mol. The standard InChI is InChI=1S/C26H25ClN2/c1-25(2)18-26(3,21-10-12-22(27)13-11-21)23-15-20(16-28)9-14-24(23)29(25)17-19-7-5-4-6-8-19/h4-15H,17-18H2,1-3H3. The summed E-state index contributed by atoms with van der Waals surface area (Å²) in [6.07, 6.45) is 0.941. The zero-order valence-electron chi connectivity index (χ0n) is 17.1. The molecule has 0 aromatic heterocycles. The van der Waals surface area contributed by atoms with Crippen molar-refractivity contribution in [2.45, 2.75) is 44.7 Å². The van der Waals surface area contributed by atoms with Crippen molar-refractivity contribution in [2.75, 3.05) is 4.90 Å². The van der Waals surface area contributed by atoms with E-state index in [-0.39, 0.29) is 11.0 Å². The molecule has 1 atom stereocenters. The highest BCUT2D eigenvalue weighted by molar-refractivity contribution is 6.30. The van der Waals surface area contributed by atoms with E-state index in [4.69, 9.17) is 11.6 Å². The summed E-state index contributed by atoms with van der Waals surface area (Å²) in [6.45, 7) is 7.75. The van der Waals surface area contributed by atoms with Gasteiger partial charge in [-0.1, -0.05) is 61.0 Å². The first-order valence-corrected chi connectivity index (χ1v) is 10.3. The molecule has 4 rings (SSSR count). The van der Waals surface area contributed by atoms with E-state index in [1.54, 1.807) is 0 Å². The van der Waals surface area contributed by atoms with Crippen LogP contribution < -0.4 is 4.90 Å². The molecule has 3 aromatic rings. The van der Waals surface area contributed by atoms with Crippen molar-refractivity contribution in [3.8, 4) is 6.07 Å². The third-order valence-corrected chi connectivity index (χ3v) is 6.44. The van der Waals surface area contributed by atoms with Gasteiger partial charge in [0, 0.05) is 28.2 Å². The summed E-state index contributed by atoms with van der Waals surface area (Å²) < 4.78 is 0. The lowest BCUT2D eigenvalue weighted by Crippen LogP contribution is -2.53. The Bertz CT molecular complexity index is 1060. The number of nitrogens with zero attached hydrogens (tertiary/aromatic N) is 2. The summed E-state index contributed by atoms with van der Waals surface area (Å²) in [7, 11) is 0. The SMILES string of the molecule is CC1(c2ccc(Cl)cc2)CC(C)(C)N(Cc2ccccc2)c2ccc(C#N)cc21. The van der Waals surface area contributed by atoms with Crippen molar-refractivity contribution >= 4 is 17.3 Å². The van der Waals surface area contributed by atoms with E-state index < -0.39 is 0 Å². The van der Waals surface area contributed by atoms with Crippen molar-refractivity contribution in [3.05, 3.63) is 100 Å². The molecule has 146 valence electrons. The summed E-state index contributed by atoms with van der Waals surface area (Å²) in [5.74, 6) is 0. The van der Waals surface area contributed by atoms with Gasteiger partial charge in [-0.05, 0) is 67.3 Å². The predicted molar refractivity (Wildman–Crippen MR) is 120 cm³/mol. The van der Waals surface area contributed by atoms with E-state index in [9.17, 15) is 5.26 Å². The maximum Gasteiger partial charge on any atom is 0.0991 e. The second-order valence-electron chi connectivity index (χ2n) is 8.74. The molecule has 1 unspecified atom stereocenters. The average Bonchev–Trinajstić information content (AvgIpc) is 2.71. The van der Waals surface area contributed by atoms with Crippen LogP contribution in [-0.4, -0.2) is 5.54 Å². The molecule has 1 aliphatic rings. The third-order valence-electron chi connectivity index (χ3n) is 6.19. The first kappa shape index (κ1) is 19.6. The first-order valence-electron chi connectivity index (χ1n) is 9.96. The van der Waals surface area contributed by atoms with E-state index in [0.717, 1.165) is 18.0 Å². The molecule has 29 heavy (non-hydrogen) atoms. The highest BCUT2D eigenvalue weighted by Crippen LogP contribution is 2.51. The largest absolute Gasteiger partial charge is 0.362 e. The predicted octanol–water partition coefficient (Wildman–Crippen LogP) is 6.71. The number of halogens is 1. The quantitative estimate of drug-likeness (QED) is 0.488. The molecule has 0 spiro atoms. The Balaban J connectivity index is 1.89. The van der Waals surface area contributed by atoms with Crippen LogP contribution in [0.1, 0.15) is 49.4 Å². The Kier molecular flexibility index (Phi) is 4.89. The molecule has 0 saturated carbocycles. The fourth-order valence-corrected chi connectivity index (χ4v) is 4.93. The van der Waals surface area contributed by atoms with E-state index in [2.05, 4.69) is 86.3 Å².